The summed E-state index contributed by atoms with van der Waals surface area (Å²) in [6, 6.07) is 0. The van der Waals surface area contributed by atoms with Crippen LogP contribution < -0.4 is 5.32 Å². The summed E-state index contributed by atoms with van der Waals surface area (Å²) in [5.41, 5.74) is 0. The maximum Gasteiger partial charge on any atom is 0.202 e. The molecule has 0 unspecified atom stereocenters. The molecule has 1 N–H and O–H groups in total. The van der Waals surface area contributed by atoms with Gasteiger partial charge in [-0.25, -0.2) is 4.98 Å². The van der Waals surface area contributed by atoms with Gasteiger partial charge in [0.2, 0.25) is 5.13 Å². The highest BCUT2D eigenvalue weighted by Gasteiger charge is 2.16. The Bertz CT molecular complexity index is 331. The number of piperidine rings is 1. The lowest BCUT2D eigenvalue weighted by Crippen LogP contribution is -2.32. The molecule has 1 aromatic rings. The van der Waals surface area contributed by atoms with Gasteiger partial charge < -0.3 is 10.2 Å². The first-order valence-corrected chi connectivity index (χ1v) is 7.30. The number of likely N-dealkylation sites (tertiary alicyclic amines) is 1. The Morgan fingerprint density at radius 2 is 2.18 bits per heavy atom. The zero-order valence-electron chi connectivity index (χ0n) is 10.8. The monoisotopic (exact) mass is 254 g/mol. The highest BCUT2D eigenvalue weighted by molar-refractivity contribution is 7.09. The molecule has 0 spiro atoms. The zero-order chi connectivity index (χ0) is 12.1. The lowest BCUT2D eigenvalue weighted by molar-refractivity contribution is 0.226. The van der Waals surface area contributed by atoms with E-state index in [1.54, 1.807) is 0 Å². The van der Waals surface area contributed by atoms with Gasteiger partial charge in [-0.05, 0) is 45.3 Å². The van der Waals surface area contributed by atoms with Crippen molar-refractivity contribution in [2.24, 2.45) is 5.92 Å². The molecule has 96 valence electrons. The summed E-state index contributed by atoms with van der Waals surface area (Å²) in [5.74, 6) is 1.79. The third-order valence-electron chi connectivity index (χ3n) is 3.32. The van der Waals surface area contributed by atoms with Crippen LogP contribution in [-0.4, -0.2) is 40.9 Å². The van der Waals surface area contributed by atoms with Gasteiger partial charge in [0, 0.05) is 24.5 Å². The van der Waals surface area contributed by atoms with Crippen molar-refractivity contribution in [3.8, 4) is 0 Å². The number of aryl methyl sites for hydroxylation is 1. The number of anilines is 1. The second-order valence-corrected chi connectivity index (χ2v) is 5.65. The minimum absolute atomic E-state index is 0.796. The molecule has 2 rings (SSSR count). The van der Waals surface area contributed by atoms with E-state index in [2.05, 4.69) is 33.5 Å². The molecule has 0 bridgehead atoms. The molecule has 1 saturated heterocycles. The summed E-state index contributed by atoms with van der Waals surface area (Å²) in [5, 5.41) is 4.43. The van der Waals surface area contributed by atoms with Crippen LogP contribution in [0.4, 0.5) is 5.13 Å². The second kappa shape index (κ2) is 6.31. The fraction of sp³-hybridized carbons (Fsp3) is 0.833. The molecule has 17 heavy (non-hydrogen) atoms. The van der Waals surface area contributed by atoms with Crippen LogP contribution in [0.15, 0.2) is 0 Å². The molecule has 0 amide bonds. The fourth-order valence-corrected chi connectivity index (χ4v) is 2.77. The summed E-state index contributed by atoms with van der Waals surface area (Å²) in [7, 11) is 2.20. The van der Waals surface area contributed by atoms with Crippen molar-refractivity contribution in [2.75, 3.05) is 32.0 Å². The molecule has 1 aliphatic heterocycles. The summed E-state index contributed by atoms with van der Waals surface area (Å²) in [4.78, 5) is 6.89. The highest BCUT2D eigenvalue weighted by Crippen LogP contribution is 2.18. The van der Waals surface area contributed by atoms with Crippen LogP contribution in [0, 0.1) is 5.92 Å². The number of nitrogens with zero attached hydrogens (tertiary/aromatic N) is 3. The van der Waals surface area contributed by atoms with Gasteiger partial charge in [-0.15, -0.1) is 0 Å². The molecule has 1 fully saturated rings. The minimum atomic E-state index is 0.796. The summed E-state index contributed by atoms with van der Waals surface area (Å²) >= 11 is 1.50. The Labute approximate surface area is 108 Å². The maximum atomic E-state index is 4.49. The third-order valence-corrected chi connectivity index (χ3v) is 4.03. The van der Waals surface area contributed by atoms with E-state index in [1.807, 2.05) is 0 Å². The Morgan fingerprint density at radius 3 is 2.88 bits per heavy atom. The van der Waals surface area contributed by atoms with Crippen molar-refractivity contribution in [3.05, 3.63) is 5.82 Å². The van der Waals surface area contributed by atoms with Crippen LogP contribution in [-0.2, 0) is 6.42 Å². The van der Waals surface area contributed by atoms with Gasteiger partial charge in [0.15, 0.2) is 0 Å². The number of rotatable bonds is 5. The highest BCUT2D eigenvalue weighted by atomic mass is 32.1. The fourth-order valence-electron chi connectivity index (χ4n) is 2.15. The first-order chi connectivity index (χ1) is 8.28. The van der Waals surface area contributed by atoms with Crippen molar-refractivity contribution in [1.29, 1.82) is 0 Å². The average Bonchev–Trinajstić information content (AvgIpc) is 2.77. The molecule has 5 heteroatoms. The summed E-state index contributed by atoms with van der Waals surface area (Å²) in [6.45, 7) is 5.66. The number of hydrogen-bond acceptors (Lipinski definition) is 5. The van der Waals surface area contributed by atoms with Crippen molar-refractivity contribution in [2.45, 2.75) is 32.6 Å². The van der Waals surface area contributed by atoms with Crippen LogP contribution >= 0.6 is 11.5 Å². The Kier molecular flexibility index (Phi) is 4.74. The topological polar surface area (TPSA) is 41.1 Å². The molecular formula is C12H22N4S. The van der Waals surface area contributed by atoms with E-state index in [0.29, 0.717) is 0 Å². The molecule has 0 aromatic carbocycles. The van der Waals surface area contributed by atoms with Gasteiger partial charge in [-0.3, -0.25) is 0 Å². The average molecular weight is 254 g/mol. The SMILES string of the molecule is CCCc1nsc(NCC2CCN(C)CC2)n1. The number of nitrogens with one attached hydrogen (secondary N) is 1. The largest absolute Gasteiger partial charge is 0.360 e. The smallest absolute Gasteiger partial charge is 0.202 e. The van der Waals surface area contributed by atoms with Gasteiger partial charge in [-0.2, -0.15) is 4.37 Å². The van der Waals surface area contributed by atoms with Crippen LogP contribution in [0.5, 0.6) is 0 Å². The van der Waals surface area contributed by atoms with E-state index in [1.165, 1.54) is 37.5 Å². The van der Waals surface area contributed by atoms with Crippen LogP contribution in [0.1, 0.15) is 32.0 Å². The minimum Gasteiger partial charge on any atom is -0.360 e. The van der Waals surface area contributed by atoms with Crippen molar-refractivity contribution >= 4 is 16.7 Å². The Morgan fingerprint density at radius 1 is 1.41 bits per heavy atom. The van der Waals surface area contributed by atoms with Gasteiger partial charge in [0.25, 0.3) is 0 Å². The lowest BCUT2D eigenvalue weighted by atomic mass is 9.97. The molecule has 1 aliphatic rings. The summed E-state index contributed by atoms with van der Waals surface area (Å²) in [6.07, 6.45) is 4.70. The summed E-state index contributed by atoms with van der Waals surface area (Å²) < 4.78 is 4.34. The quantitative estimate of drug-likeness (QED) is 0.875. The Balaban J connectivity index is 1.73. The molecule has 0 saturated carbocycles. The van der Waals surface area contributed by atoms with E-state index in [4.69, 9.17) is 0 Å². The molecule has 0 atom stereocenters. The van der Waals surface area contributed by atoms with Crippen molar-refractivity contribution in [1.82, 2.24) is 14.3 Å². The number of hydrogen-bond donors (Lipinski definition) is 1. The van der Waals surface area contributed by atoms with E-state index in [0.717, 1.165) is 36.3 Å². The van der Waals surface area contributed by atoms with E-state index >= 15 is 0 Å². The predicted molar refractivity (Wildman–Crippen MR) is 72.6 cm³/mol. The first-order valence-electron chi connectivity index (χ1n) is 6.53. The zero-order valence-corrected chi connectivity index (χ0v) is 11.6. The third kappa shape index (κ3) is 3.92. The maximum absolute atomic E-state index is 4.49. The van der Waals surface area contributed by atoms with Gasteiger partial charge in [0.1, 0.15) is 5.82 Å². The molecular weight excluding hydrogens is 232 g/mol. The number of aromatic nitrogens is 2. The molecule has 0 radical (unpaired) electrons. The van der Waals surface area contributed by atoms with Gasteiger partial charge in [0.05, 0.1) is 0 Å². The first kappa shape index (κ1) is 12.8. The van der Waals surface area contributed by atoms with Gasteiger partial charge in [-0.1, -0.05) is 6.92 Å². The van der Waals surface area contributed by atoms with Crippen molar-refractivity contribution in [3.63, 3.8) is 0 Å². The molecule has 4 nitrogen and oxygen atoms in total. The normalized spacial score (nSPS) is 18.5. The lowest BCUT2D eigenvalue weighted by Gasteiger charge is -2.28. The second-order valence-electron chi connectivity index (χ2n) is 4.89. The van der Waals surface area contributed by atoms with E-state index in [9.17, 15) is 0 Å². The molecule has 2 heterocycles. The van der Waals surface area contributed by atoms with Crippen LogP contribution in [0.25, 0.3) is 0 Å². The van der Waals surface area contributed by atoms with Crippen LogP contribution in [0.3, 0.4) is 0 Å². The van der Waals surface area contributed by atoms with Crippen molar-refractivity contribution < 1.29 is 0 Å². The van der Waals surface area contributed by atoms with E-state index < -0.39 is 0 Å². The van der Waals surface area contributed by atoms with E-state index in [-0.39, 0.29) is 0 Å². The molecule has 1 aromatic heterocycles. The standard InChI is InChI=1S/C12H22N4S/c1-3-4-11-14-12(17-15-11)13-9-10-5-7-16(2)8-6-10/h10H,3-9H2,1-2H3,(H,13,14,15). The van der Waals surface area contributed by atoms with Gasteiger partial charge >= 0.3 is 0 Å². The molecule has 0 aliphatic carbocycles. The van der Waals surface area contributed by atoms with Crippen LogP contribution in [0.2, 0.25) is 0 Å². The predicted octanol–water partition coefficient (Wildman–Crippen LogP) is 2.24. The Hall–Kier alpha value is -0.680.